The number of anilines is 1. The third-order valence-corrected chi connectivity index (χ3v) is 5.23. The normalized spacial score (nSPS) is 10.9. The molecule has 0 radical (unpaired) electrons. The van der Waals surface area contributed by atoms with Gasteiger partial charge >= 0.3 is 0 Å². The Morgan fingerprint density at radius 2 is 2.20 bits per heavy atom. The SMILES string of the molecule is Cc1nc(C)c(-c2nnc(SCC(=O)Nc3ccc(F)cc3Cl)o2)s1. The van der Waals surface area contributed by atoms with E-state index in [1.165, 1.54) is 23.5 Å². The van der Waals surface area contributed by atoms with Crippen molar-refractivity contribution in [1.29, 1.82) is 0 Å². The van der Waals surface area contributed by atoms with Gasteiger partial charge in [-0.25, -0.2) is 9.37 Å². The molecule has 3 aromatic rings. The average molecular weight is 399 g/mol. The summed E-state index contributed by atoms with van der Waals surface area (Å²) in [5, 5.41) is 11.8. The summed E-state index contributed by atoms with van der Waals surface area (Å²) in [5.41, 5.74) is 1.17. The fraction of sp³-hybridized carbons (Fsp3) is 0.200. The van der Waals surface area contributed by atoms with Crippen LogP contribution in [0.4, 0.5) is 10.1 Å². The van der Waals surface area contributed by atoms with Crippen molar-refractivity contribution in [3.63, 3.8) is 0 Å². The first-order valence-corrected chi connectivity index (χ1v) is 9.26. The summed E-state index contributed by atoms with van der Waals surface area (Å²) in [5.74, 6) is -0.351. The minimum absolute atomic E-state index is 0.0516. The highest BCUT2D eigenvalue weighted by Gasteiger charge is 2.16. The van der Waals surface area contributed by atoms with Gasteiger partial charge in [0.1, 0.15) is 10.7 Å². The highest BCUT2D eigenvalue weighted by atomic mass is 35.5. The Hall–Kier alpha value is -1.97. The van der Waals surface area contributed by atoms with Crippen LogP contribution in [0.1, 0.15) is 10.7 Å². The van der Waals surface area contributed by atoms with Crippen LogP contribution in [-0.2, 0) is 4.79 Å². The molecule has 25 heavy (non-hydrogen) atoms. The Balaban J connectivity index is 1.60. The predicted molar refractivity (Wildman–Crippen MR) is 95.6 cm³/mol. The molecule has 1 amide bonds. The van der Waals surface area contributed by atoms with Crippen molar-refractivity contribution in [1.82, 2.24) is 15.2 Å². The van der Waals surface area contributed by atoms with Gasteiger partial charge in [0, 0.05) is 0 Å². The lowest BCUT2D eigenvalue weighted by Gasteiger charge is -2.06. The van der Waals surface area contributed by atoms with Crippen LogP contribution in [0.25, 0.3) is 10.8 Å². The van der Waals surface area contributed by atoms with Crippen molar-refractivity contribution in [3.8, 4) is 10.8 Å². The molecule has 10 heteroatoms. The van der Waals surface area contributed by atoms with Crippen molar-refractivity contribution < 1.29 is 13.6 Å². The molecule has 1 aromatic carbocycles. The Bertz CT molecular complexity index is 928. The first-order chi connectivity index (χ1) is 11.9. The van der Waals surface area contributed by atoms with Gasteiger partial charge in [0.05, 0.1) is 27.2 Å². The first-order valence-electron chi connectivity index (χ1n) is 7.08. The van der Waals surface area contributed by atoms with Gasteiger partial charge in [0.2, 0.25) is 5.91 Å². The van der Waals surface area contributed by atoms with Crippen LogP contribution in [0.2, 0.25) is 5.02 Å². The van der Waals surface area contributed by atoms with Crippen LogP contribution in [-0.4, -0.2) is 26.8 Å². The number of nitrogens with one attached hydrogen (secondary N) is 1. The summed E-state index contributed by atoms with van der Waals surface area (Å²) in [6.45, 7) is 3.77. The van der Waals surface area contributed by atoms with E-state index in [-0.39, 0.29) is 21.9 Å². The van der Waals surface area contributed by atoms with Gasteiger partial charge in [-0.15, -0.1) is 21.5 Å². The van der Waals surface area contributed by atoms with E-state index in [1.807, 2.05) is 13.8 Å². The summed E-state index contributed by atoms with van der Waals surface area (Å²) in [6.07, 6.45) is 0. The number of rotatable bonds is 5. The molecule has 2 aromatic heterocycles. The number of nitrogens with zero attached hydrogens (tertiary/aromatic N) is 3. The van der Waals surface area contributed by atoms with Gasteiger partial charge in [-0.3, -0.25) is 4.79 Å². The van der Waals surface area contributed by atoms with Crippen LogP contribution in [0, 0.1) is 19.7 Å². The van der Waals surface area contributed by atoms with Crippen LogP contribution in [0.5, 0.6) is 0 Å². The maximum Gasteiger partial charge on any atom is 0.277 e. The zero-order valence-electron chi connectivity index (χ0n) is 13.2. The zero-order chi connectivity index (χ0) is 18.0. The smallest absolute Gasteiger partial charge is 0.277 e. The van der Waals surface area contributed by atoms with E-state index in [2.05, 4.69) is 20.5 Å². The Morgan fingerprint density at radius 3 is 2.88 bits per heavy atom. The lowest BCUT2D eigenvalue weighted by molar-refractivity contribution is -0.113. The van der Waals surface area contributed by atoms with Gasteiger partial charge in [0.25, 0.3) is 11.1 Å². The molecule has 0 saturated heterocycles. The lowest BCUT2D eigenvalue weighted by Crippen LogP contribution is -2.14. The number of aryl methyl sites for hydroxylation is 2. The van der Waals surface area contributed by atoms with Gasteiger partial charge in [0.15, 0.2) is 0 Å². The minimum atomic E-state index is -0.468. The fourth-order valence-electron chi connectivity index (χ4n) is 1.99. The minimum Gasteiger partial charge on any atom is -0.410 e. The second kappa shape index (κ2) is 7.51. The lowest BCUT2D eigenvalue weighted by atomic mass is 10.3. The molecule has 0 aliphatic heterocycles. The Kier molecular flexibility index (Phi) is 5.36. The molecule has 0 fully saturated rings. The quantitative estimate of drug-likeness (QED) is 0.644. The van der Waals surface area contributed by atoms with Gasteiger partial charge < -0.3 is 9.73 Å². The number of hydrogen-bond acceptors (Lipinski definition) is 7. The summed E-state index contributed by atoms with van der Waals surface area (Å²) >= 11 is 8.44. The number of aromatic nitrogens is 3. The molecule has 2 heterocycles. The number of thiazole rings is 1. The number of hydrogen-bond donors (Lipinski definition) is 1. The topological polar surface area (TPSA) is 80.9 Å². The van der Waals surface area contributed by atoms with Gasteiger partial charge in [-0.1, -0.05) is 23.4 Å². The predicted octanol–water partition coefficient (Wildman–Crippen LogP) is 4.33. The third-order valence-electron chi connectivity index (χ3n) is 3.04. The maximum atomic E-state index is 13.0. The van der Waals surface area contributed by atoms with E-state index in [4.69, 9.17) is 16.0 Å². The molecule has 0 aliphatic carbocycles. The Labute approximate surface area is 155 Å². The number of thioether (sulfide) groups is 1. The van der Waals surface area contributed by atoms with E-state index in [0.29, 0.717) is 11.6 Å². The summed E-state index contributed by atoms with van der Waals surface area (Å²) in [6, 6.07) is 3.76. The molecule has 0 unspecified atom stereocenters. The first kappa shape index (κ1) is 17.8. The number of carbonyl (C=O) groups is 1. The van der Waals surface area contributed by atoms with Crippen LogP contribution in [0.15, 0.2) is 27.8 Å². The van der Waals surface area contributed by atoms with Gasteiger partial charge in [-0.05, 0) is 32.0 Å². The van der Waals surface area contributed by atoms with E-state index in [1.54, 1.807) is 0 Å². The fourth-order valence-corrected chi connectivity index (χ4v) is 3.61. The average Bonchev–Trinajstić information content (AvgIpc) is 3.14. The molecule has 3 rings (SSSR count). The monoisotopic (exact) mass is 398 g/mol. The van der Waals surface area contributed by atoms with Crippen LogP contribution < -0.4 is 5.32 Å². The van der Waals surface area contributed by atoms with Crippen molar-refractivity contribution in [2.75, 3.05) is 11.1 Å². The molecule has 0 saturated carbocycles. The highest BCUT2D eigenvalue weighted by Crippen LogP contribution is 2.30. The maximum absolute atomic E-state index is 13.0. The van der Waals surface area contributed by atoms with Crippen molar-refractivity contribution in [2.24, 2.45) is 0 Å². The number of amides is 1. The molecule has 0 aliphatic rings. The molecular weight excluding hydrogens is 387 g/mol. The summed E-state index contributed by atoms with van der Waals surface area (Å²) in [7, 11) is 0. The standard InChI is InChI=1S/C15H12ClFN4O2S2/c1-7-13(25-8(2)18-7)14-20-21-15(23-14)24-6-12(22)19-11-4-3-9(17)5-10(11)16/h3-5H,6H2,1-2H3,(H,19,22). The van der Waals surface area contributed by atoms with E-state index >= 15 is 0 Å². The van der Waals surface area contributed by atoms with Crippen LogP contribution in [0.3, 0.4) is 0 Å². The molecule has 0 atom stereocenters. The van der Waals surface area contributed by atoms with E-state index in [0.717, 1.165) is 33.4 Å². The van der Waals surface area contributed by atoms with E-state index in [9.17, 15) is 9.18 Å². The molecule has 0 spiro atoms. The molecule has 130 valence electrons. The molecule has 1 N–H and O–H groups in total. The van der Waals surface area contributed by atoms with Crippen molar-refractivity contribution in [2.45, 2.75) is 19.1 Å². The largest absolute Gasteiger partial charge is 0.410 e. The molecule has 6 nitrogen and oxygen atoms in total. The second-order valence-electron chi connectivity index (χ2n) is 4.98. The zero-order valence-corrected chi connectivity index (χ0v) is 15.6. The van der Waals surface area contributed by atoms with Crippen molar-refractivity contribution >= 4 is 46.3 Å². The van der Waals surface area contributed by atoms with Crippen LogP contribution >= 0.6 is 34.7 Å². The number of halogens is 2. The van der Waals surface area contributed by atoms with Crippen molar-refractivity contribution in [3.05, 3.63) is 39.7 Å². The van der Waals surface area contributed by atoms with E-state index < -0.39 is 5.82 Å². The second-order valence-corrected chi connectivity index (χ2v) is 7.52. The molecule has 0 bridgehead atoms. The highest BCUT2D eigenvalue weighted by molar-refractivity contribution is 7.99. The summed E-state index contributed by atoms with van der Waals surface area (Å²) < 4.78 is 18.6. The number of carbonyl (C=O) groups excluding carboxylic acids is 1. The Morgan fingerprint density at radius 1 is 1.40 bits per heavy atom. The van der Waals surface area contributed by atoms with Gasteiger partial charge in [-0.2, -0.15) is 0 Å². The summed E-state index contributed by atoms with van der Waals surface area (Å²) in [4.78, 5) is 17.1. The number of benzene rings is 1. The third kappa shape index (κ3) is 4.36. The molecular formula is C15H12ClFN4O2S2.